The van der Waals surface area contributed by atoms with Crippen molar-refractivity contribution in [1.82, 2.24) is 0 Å². The van der Waals surface area contributed by atoms with Gasteiger partial charge in [-0.3, -0.25) is 14.8 Å². The summed E-state index contributed by atoms with van der Waals surface area (Å²) in [5.41, 5.74) is 2.96. The van der Waals surface area contributed by atoms with Crippen LogP contribution in [0.5, 0.6) is 0 Å². The van der Waals surface area contributed by atoms with Crippen molar-refractivity contribution in [3.8, 4) is 0 Å². The predicted octanol–water partition coefficient (Wildman–Crippen LogP) is 5.23. The molecule has 1 amide bonds. The molecule has 1 atom stereocenters. The van der Waals surface area contributed by atoms with Gasteiger partial charge in [0.1, 0.15) is 5.56 Å². The molecule has 1 unspecified atom stereocenters. The van der Waals surface area contributed by atoms with Crippen LogP contribution in [0, 0.1) is 6.92 Å². The molecular weight excluding hydrogens is 422 g/mol. The number of anilines is 1. The lowest BCUT2D eigenvalue weighted by Crippen LogP contribution is -2.15. The van der Waals surface area contributed by atoms with Gasteiger partial charge >= 0.3 is 5.97 Å². The first-order valence-corrected chi connectivity index (χ1v) is 10.3. The van der Waals surface area contributed by atoms with Crippen LogP contribution in [0.3, 0.4) is 0 Å². The van der Waals surface area contributed by atoms with Crippen LogP contribution in [-0.4, -0.2) is 28.9 Å². The van der Waals surface area contributed by atoms with Gasteiger partial charge in [0.05, 0.1) is 22.5 Å². The van der Waals surface area contributed by atoms with Crippen molar-refractivity contribution in [3.63, 3.8) is 0 Å². The Bertz CT molecular complexity index is 1200. The Morgan fingerprint density at radius 2 is 1.93 bits per heavy atom. The van der Waals surface area contributed by atoms with Gasteiger partial charge in [0, 0.05) is 16.0 Å². The second-order valence-electron chi connectivity index (χ2n) is 6.70. The summed E-state index contributed by atoms with van der Waals surface area (Å²) in [4.78, 5) is 33.9. The highest BCUT2D eigenvalue weighted by molar-refractivity contribution is 7.14. The van der Waals surface area contributed by atoms with E-state index in [1.54, 1.807) is 41.9 Å². The van der Waals surface area contributed by atoms with Crippen LogP contribution >= 0.6 is 22.9 Å². The average Bonchev–Trinajstić information content (AvgIpc) is 3.35. The fourth-order valence-corrected chi connectivity index (χ4v) is 4.16. The molecule has 1 aliphatic heterocycles. The molecule has 4 rings (SSSR count). The molecule has 1 aliphatic rings. The number of hydrogen-bond donors (Lipinski definition) is 2. The second-order valence-corrected chi connectivity index (χ2v) is 8.02. The van der Waals surface area contributed by atoms with E-state index in [9.17, 15) is 14.7 Å². The number of aliphatic imine (C=N–C) groups is 2. The summed E-state index contributed by atoms with van der Waals surface area (Å²) in [5.74, 6) is -1.51. The number of aryl methyl sites for hydroxylation is 1. The monoisotopic (exact) mass is 437 g/mol. The zero-order chi connectivity index (χ0) is 21.3. The smallest absolute Gasteiger partial charge is 0.339 e. The summed E-state index contributed by atoms with van der Waals surface area (Å²) >= 11 is 7.13. The first-order valence-electron chi connectivity index (χ1n) is 9.02. The van der Waals surface area contributed by atoms with Gasteiger partial charge in [-0.1, -0.05) is 41.4 Å². The zero-order valence-electron chi connectivity index (χ0n) is 15.8. The number of hydrogen-bond acceptors (Lipinski definition) is 5. The van der Waals surface area contributed by atoms with Crippen LogP contribution in [0.2, 0.25) is 5.02 Å². The van der Waals surface area contributed by atoms with E-state index in [1.807, 2.05) is 25.1 Å². The SMILES string of the molecule is Cc1cccc(C(=O)Nc2csc(C3=NC(c4ccc(Cl)cc4)N=C3)c2C(=O)O)c1. The lowest BCUT2D eigenvalue weighted by Gasteiger charge is -2.07. The maximum atomic E-state index is 12.6. The van der Waals surface area contributed by atoms with E-state index in [-0.39, 0.29) is 17.2 Å². The molecule has 0 aliphatic carbocycles. The molecule has 2 N–H and O–H groups in total. The fourth-order valence-electron chi connectivity index (χ4n) is 3.08. The summed E-state index contributed by atoms with van der Waals surface area (Å²) in [7, 11) is 0. The van der Waals surface area contributed by atoms with E-state index in [4.69, 9.17) is 11.6 Å². The molecule has 1 aromatic heterocycles. The van der Waals surface area contributed by atoms with Gasteiger partial charge in [0.15, 0.2) is 6.17 Å². The molecule has 150 valence electrons. The molecule has 2 heterocycles. The highest BCUT2D eigenvalue weighted by Crippen LogP contribution is 2.32. The number of nitrogens with zero attached hydrogens (tertiary/aromatic N) is 2. The Labute approximate surface area is 181 Å². The molecule has 8 heteroatoms. The molecule has 0 spiro atoms. The number of amides is 1. The number of carboxylic acid groups (broad SMARTS) is 1. The third-order valence-electron chi connectivity index (χ3n) is 4.53. The zero-order valence-corrected chi connectivity index (χ0v) is 17.4. The lowest BCUT2D eigenvalue weighted by atomic mass is 10.1. The van der Waals surface area contributed by atoms with Crippen molar-refractivity contribution in [3.05, 3.63) is 86.1 Å². The molecule has 3 aromatic rings. The summed E-state index contributed by atoms with van der Waals surface area (Å²) in [6.07, 6.45) is 1.11. The van der Waals surface area contributed by atoms with E-state index in [0.717, 1.165) is 11.1 Å². The fraction of sp³-hybridized carbons (Fsp3) is 0.0909. The quantitative estimate of drug-likeness (QED) is 0.572. The average molecular weight is 438 g/mol. The van der Waals surface area contributed by atoms with Crippen LogP contribution in [0.1, 0.15) is 42.9 Å². The molecule has 0 saturated heterocycles. The van der Waals surface area contributed by atoms with Crippen molar-refractivity contribution < 1.29 is 14.7 Å². The minimum absolute atomic E-state index is 0.00274. The third-order valence-corrected chi connectivity index (χ3v) is 5.79. The van der Waals surface area contributed by atoms with Crippen LogP contribution in [0.25, 0.3) is 0 Å². The molecule has 30 heavy (non-hydrogen) atoms. The Kier molecular flexibility index (Phi) is 5.48. The first-order chi connectivity index (χ1) is 14.4. The molecule has 6 nitrogen and oxygen atoms in total. The number of nitrogens with one attached hydrogen (secondary N) is 1. The molecular formula is C22H16ClN3O3S. The molecule has 0 bridgehead atoms. The van der Waals surface area contributed by atoms with Crippen LogP contribution in [-0.2, 0) is 0 Å². The number of aromatic carboxylic acids is 1. The number of carboxylic acids is 1. The van der Waals surface area contributed by atoms with Crippen molar-refractivity contribution in [2.45, 2.75) is 13.1 Å². The maximum absolute atomic E-state index is 12.6. The summed E-state index contributed by atoms with van der Waals surface area (Å²) in [6.45, 7) is 1.89. The van der Waals surface area contributed by atoms with Gasteiger partial charge in [0.25, 0.3) is 5.91 Å². The molecule has 0 radical (unpaired) electrons. The van der Waals surface area contributed by atoms with E-state index in [0.29, 0.717) is 21.2 Å². The van der Waals surface area contributed by atoms with Gasteiger partial charge in [-0.2, -0.15) is 0 Å². The minimum Gasteiger partial charge on any atom is -0.478 e. The van der Waals surface area contributed by atoms with Gasteiger partial charge in [-0.15, -0.1) is 11.3 Å². The molecule has 0 fully saturated rings. The number of carbonyl (C=O) groups excluding carboxylic acids is 1. The summed E-state index contributed by atoms with van der Waals surface area (Å²) in [5, 5.41) is 14.7. The Morgan fingerprint density at radius 1 is 1.17 bits per heavy atom. The summed E-state index contributed by atoms with van der Waals surface area (Å²) < 4.78 is 0. The van der Waals surface area contributed by atoms with Gasteiger partial charge in [0.2, 0.25) is 0 Å². The number of rotatable bonds is 5. The second kappa shape index (κ2) is 8.22. The standard InChI is InChI=1S/C22H16ClN3O3S/c1-12-3-2-4-14(9-12)21(27)26-17-11-30-19(18(17)22(28)29)16-10-24-20(25-16)13-5-7-15(23)8-6-13/h2-11,20H,1H3,(H,26,27)(H,28,29). The van der Waals surface area contributed by atoms with Crippen LogP contribution in [0.15, 0.2) is 63.9 Å². The van der Waals surface area contributed by atoms with Crippen LogP contribution < -0.4 is 5.32 Å². The topological polar surface area (TPSA) is 91.1 Å². The van der Waals surface area contributed by atoms with E-state index in [2.05, 4.69) is 15.3 Å². The highest BCUT2D eigenvalue weighted by atomic mass is 35.5. The normalized spacial score (nSPS) is 15.1. The predicted molar refractivity (Wildman–Crippen MR) is 120 cm³/mol. The number of thiophene rings is 1. The number of halogens is 1. The maximum Gasteiger partial charge on any atom is 0.339 e. The van der Waals surface area contributed by atoms with E-state index in [1.165, 1.54) is 11.3 Å². The lowest BCUT2D eigenvalue weighted by molar-refractivity contribution is 0.0698. The third kappa shape index (κ3) is 4.03. The number of carbonyl (C=O) groups is 2. The largest absolute Gasteiger partial charge is 0.478 e. The molecule has 0 saturated carbocycles. The first kappa shape index (κ1) is 20.0. The molecule has 2 aromatic carbocycles. The highest BCUT2D eigenvalue weighted by Gasteiger charge is 2.26. The van der Waals surface area contributed by atoms with Crippen LogP contribution in [0.4, 0.5) is 5.69 Å². The van der Waals surface area contributed by atoms with Crippen molar-refractivity contribution >= 4 is 52.4 Å². The van der Waals surface area contributed by atoms with Gasteiger partial charge in [-0.05, 0) is 36.8 Å². The Balaban J connectivity index is 1.62. The number of benzene rings is 2. The van der Waals surface area contributed by atoms with Crippen molar-refractivity contribution in [2.75, 3.05) is 5.32 Å². The minimum atomic E-state index is -1.14. The van der Waals surface area contributed by atoms with Gasteiger partial charge in [-0.25, -0.2) is 4.79 Å². The van der Waals surface area contributed by atoms with Gasteiger partial charge < -0.3 is 10.4 Å². The van der Waals surface area contributed by atoms with E-state index < -0.39 is 12.1 Å². The van der Waals surface area contributed by atoms with Crippen molar-refractivity contribution in [2.24, 2.45) is 9.98 Å². The summed E-state index contributed by atoms with van der Waals surface area (Å²) in [6, 6.07) is 14.3. The Morgan fingerprint density at radius 3 is 2.63 bits per heavy atom. The Hall–Kier alpha value is -3.29. The van der Waals surface area contributed by atoms with E-state index >= 15 is 0 Å². The van der Waals surface area contributed by atoms with Crippen molar-refractivity contribution in [1.29, 1.82) is 0 Å².